The van der Waals surface area contributed by atoms with Gasteiger partial charge in [-0.15, -0.1) is 11.3 Å². The van der Waals surface area contributed by atoms with E-state index in [-0.39, 0.29) is 11.9 Å². The maximum absolute atomic E-state index is 13.3. The molecule has 6 nitrogen and oxygen atoms in total. The number of carbonyl (C=O) groups is 2. The predicted molar refractivity (Wildman–Crippen MR) is 114 cm³/mol. The summed E-state index contributed by atoms with van der Waals surface area (Å²) in [6, 6.07) is 10.1. The van der Waals surface area contributed by atoms with Crippen LogP contribution in [0.1, 0.15) is 41.4 Å². The summed E-state index contributed by atoms with van der Waals surface area (Å²) >= 11 is 1.34. The van der Waals surface area contributed by atoms with E-state index in [1.54, 1.807) is 4.90 Å². The molecule has 2 aliphatic rings. The normalized spacial score (nSPS) is 20.6. The number of benzene rings is 1. The predicted octanol–water partition coefficient (Wildman–Crippen LogP) is 3.94. The number of nitrogens with zero attached hydrogens (tertiary/aromatic N) is 1. The smallest absolute Gasteiger partial charge is 0.313 e. The highest BCUT2D eigenvalue weighted by Gasteiger charge is 2.45. The SMILES string of the molecule is CCOC(=O)C1(CCc2ccccc2)CCCN(C(=O)c2scc3c2OCCO3)C1. The molecule has 7 heteroatoms. The largest absolute Gasteiger partial charge is 0.485 e. The van der Waals surface area contributed by atoms with E-state index in [2.05, 4.69) is 12.1 Å². The van der Waals surface area contributed by atoms with Gasteiger partial charge >= 0.3 is 5.97 Å². The van der Waals surface area contributed by atoms with Crippen molar-refractivity contribution in [2.75, 3.05) is 32.9 Å². The number of piperidine rings is 1. The third-order valence-corrected chi connectivity index (χ3v) is 6.73. The van der Waals surface area contributed by atoms with Gasteiger partial charge in [0.1, 0.15) is 18.1 Å². The zero-order valence-electron chi connectivity index (χ0n) is 17.2. The molecular weight excluding hydrogens is 402 g/mol. The number of ether oxygens (including phenoxy) is 3. The summed E-state index contributed by atoms with van der Waals surface area (Å²) in [6.45, 7) is 4.08. The van der Waals surface area contributed by atoms with Crippen LogP contribution in [-0.2, 0) is 16.0 Å². The molecule has 3 heterocycles. The van der Waals surface area contributed by atoms with Gasteiger partial charge in [0.2, 0.25) is 0 Å². The molecule has 1 saturated heterocycles. The second-order valence-corrected chi connectivity index (χ2v) is 8.65. The van der Waals surface area contributed by atoms with E-state index in [0.29, 0.717) is 55.7 Å². The standard InChI is InChI=1S/C23H27NO5S/c1-2-27-22(26)23(11-9-17-7-4-3-5-8-17)10-6-12-24(16-23)21(25)20-19-18(15-30-20)28-13-14-29-19/h3-5,7-8,15H,2,6,9-14,16H2,1H3. The Balaban J connectivity index is 1.54. The van der Waals surface area contributed by atoms with Crippen LogP contribution in [0.3, 0.4) is 0 Å². The number of fused-ring (bicyclic) bond motifs is 1. The summed E-state index contributed by atoms with van der Waals surface area (Å²) in [5, 5.41) is 1.82. The number of hydrogen-bond acceptors (Lipinski definition) is 6. The van der Waals surface area contributed by atoms with Crippen LogP contribution in [-0.4, -0.2) is 49.7 Å². The Morgan fingerprint density at radius 2 is 2.00 bits per heavy atom. The van der Waals surface area contributed by atoms with Crippen molar-refractivity contribution in [2.45, 2.75) is 32.6 Å². The lowest BCUT2D eigenvalue weighted by atomic mass is 9.75. The van der Waals surface area contributed by atoms with Gasteiger partial charge < -0.3 is 19.1 Å². The van der Waals surface area contributed by atoms with Crippen LogP contribution in [0.4, 0.5) is 0 Å². The molecule has 0 saturated carbocycles. The molecule has 2 aromatic rings. The van der Waals surface area contributed by atoms with E-state index in [1.165, 1.54) is 16.9 Å². The Morgan fingerprint density at radius 1 is 1.20 bits per heavy atom. The fourth-order valence-electron chi connectivity index (χ4n) is 4.24. The van der Waals surface area contributed by atoms with Crippen molar-refractivity contribution in [1.82, 2.24) is 4.90 Å². The molecule has 4 rings (SSSR count). The van der Waals surface area contributed by atoms with Gasteiger partial charge in [-0.1, -0.05) is 30.3 Å². The van der Waals surface area contributed by atoms with Crippen LogP contribution in [0.25, 0.3) is 0 Å². The Labute approximate surface area is 180 Å². The monoisotopic (exact) mass is 429 g/mol. The Hall–Kier alpha value is -2.54. The Bertz CT molecular complexity index is 896. The number of likely N-dealkylation sites (tertiary alicyclic amines) is 1. The Morgan fingerprint density at radius 3 is 2.80 bits per heavy atom. The highest BCUT2D eigenvalue weighted by Crippen LogP contribution is 2.42. The highest BCUT2D eigenvalue weighted by atomic mass is 32.1. The van der Waals surface area contributed by atoms with Crippen LogP contribution in [0.15, 0.2) is 35.7 Å². The maximum Gasteiger partial charge on any atom is 0.313 e. The van der Waals surface area contributed by atoms with Crippen molar-refractivity contribution in [1.29, 1.82) is 0 Å². The summed E-state index contributed by atoms with van der Waals surface area (Å²) in [5.41, 5.74) is 0.497. The molecule has 1 fully saturated rings. The second kappa shape index (κ2) is 9.08. The summed E-state index contributed by atoms with van der Waals surface area (Å²) in [6.07, 6.45) is 2.92. The van der Waals surface area contributed by atoms with Crippen LogP contribution >= 0.6 is 11.3 Å². The van der Waals surface area contributed by atoms with E-state index < -0.39 is 5.41 Å². The van der Waals surface area contributed by atoms with Crippen molar-refractivity contribution >= 4 is 23.2 Å². The van der Waals surface area contributed by atoms with Crippen molar-refractivity contribution in [3.05, 3.63) is 46.2 Å². The summed E-state index contributed by atoms with van der Waals surface area (Å²) in [5.74, 6) is 0.867. The van der Waals surface area contributed by atoms with E-state index in [0.717, 1.165) is 19.3 Å². The first-order chi connectivity index (χ1) is 14.6. The van der Waals surface area contributed by atoms with Gasteiger partial charge in [0.15, 0.2) is 11.5 Å². The molecule has 1 atom stereocenters. The lowest BCUT2D eigenvalue weighted by Gasteiger charge is -2.41. The number of amides is 1. The van der Waals surface area contributed by atoms with Crippen LogP contribution < -0.4 is 9.47 Å². The highest BCUT2D eigenvalue weighted by molar-refractivity contribution is 7.12. The van der Waals surface area contributed by atoms with E-state index >= 15 is 0 Å². The summed E-state index contributed by atoms with van der Waals surface area (Å²) in [4.78, 5) is 28.7. The molecule has 0 spiro atoms. The van der Waals surface area contributed by atoms with Crippen molar-refractivity contribution < 1.29 is 23.8 Å². The van der Waals surface area contributed by atoms with Crippen molar-refractivity contribution in [3.63, 3.8) is 0 Å². The van der Waals surface area contributed by atoms with Crippen molar-refractivity contribution in [2.24, 2.45) is 5.41 Å². The molecule has 0 bridgehead atoms. The zero-order valence-corrected chi connectivity index (χ0v) is 18.0. The van der Waals surface area contributed by atoms with Crippen LogP contribution in [0.5, 0.6) is 11.5 Å². The molecule has 0 aliphatic carbocycles. The number of hydrogen-bond donors (Lipinski definition) is 0. The lowest BCUT2D eigenvalue weighted by molar-refractivity contribution is -0.159. The average Bonchev–Trinajstić information content (AvgIpc) is 3.22. The van der Waals surface area contributed by atoms with Gasteiger partial charge in [-0.25, -0.2) is 0 Å². The molecule has 0 N–H and O–H groups in total. The number of carbonyl (C=O) groups excluding carboxylic acids is 2. The van der Waals surface area contributed by atoms with Crippen LogP contribution in [0, 0.1) is 5.41 Å². The molecule has 1 amide bonds. The third-order valence-electron chi connectivity index (χ3n) is 5.80. The molecule has 2 aliphatic heterocycles. The molecule has 1 aromatic carbocycles. The minimum absolute atomic E-state index is 0.0974. The van der Waals surface area contributed by atoms with Crippen molar-refractivity contribution in [3.8, 4) is 11.5 Å². The molecule has 1 unspecified atom stereocenters. The molecule has 160 valence electrons. The first-order valence-corrected chi connectivity index (χ1v) is 11.4. The average molecular weight is 430 g/mol. The number of thiophene rings is 1. The molecule has 1 aromatic heterocycles. The quantitative estimate of drug-likeness (QED) is 0.651. The third kappa shape index (κ3) is 4.17. The zero-order chi connectivity index (χ0) is 21.0. The fourth-order valence-corrected chi connectivity index (χ4v) is 5.14. The van der Waals surface area contributed by atoms with E-state index in [9.17, 15) is 9.59 Å². The maximum atomic E-state index is 13.3. The van der Waals surface area contributed by atoms with Gasteiger partial charge in [-0.2, -0.15) is 0 Å². The molecule has 30 heavy (non-hydrogen) atoms. The van der Waals surface area contributed by atoms with Gasteiger partial charge in [0.05, 0.1) is 12.0 Å². The first-order valence-electron chi connectivity index (χ1n) is 10.5. The minimum Gasteiger partial charge on any atom is -0.485 e. The summed E-state index contributed by atoms with van der Waals surface area (Å²) in [7, 11) is 0. The molecular formula is C23H27NO5S. The lowest BCUT2D eigenvalue weighted by Crippen LogP contribution is -2.50. The van der Waals surface area contributed by atoms with E-state index in [1.807, 2.05) is 30.5 Å². The topological polar surface area (TPSA) is 65.1 Å². The second-order valence-electron chi connectivity index (χ2n) is 7.77. The van der Waals surface area contributed by atoms with Gasteiger partial charge in [-0.3, -0.25) is 9.59 Å². The number of rotatable bonds is 6. The van der Waals surface area contributed by atoms with Gasteiger partial charge in [-0.05, 0) is 38.2 Å². The van der Waals surface area contributed by atoms with E-state index in [4.69, 9.17) is 14.2 Å². The van der Waals surface area contributed by atoms with Gasteiger partial charge in [0.25, 0.3) is 5.91 Å². The minimum atomic E-state index is -0.686. The Kier molecular flexibility index (Phi) is 6.27. The number of aryl methyl sites for hydroxylation is 1. The molecule has 0 radical (unpaired) electrons. The fraction of sp³-hybridized carbons (Fsp3) is 0.478. The summed E-state index contributed by atoms with van der Waals surface area (Å²) < 4.78 is 16.7. The number of esters is 1. The van der Waals surface area contributed by atoms with Crippen LogP contribution in [0.2, 0.25) is 0 Å². The first kappa shape index (κ1) is 20.7. The van der Waals surface area contributed by atoms with Gasteiger partial charge in [0, 0.05) is 18.5 Å².